The Morgan fingerprint density at radius 2 is 1.43 bits per heavy atom. The van der Waals surface area contributed by atoms with Crippen LogP contribution in [0, 0.1) is 0 Å². The Labute approximate surface area is 54.1 Å². The summed E-state index contributed by atoms with van der Waals surface area (Å²) in [5.74, 6) is 0. The SMILES string of the molecule is CN(C)C.[SiH3]CCl. The zero-order valence-electron chi connectivity index (χ0n) is 5.53. The highest BCUT2D eigenvalue weighted by Gasteiger charge is 1.58. The predicted molar refractivity (Wildman–Crippen MR) is 40.3 cm³/mol. The van der Waals surface area contributed by atoms with E-state index in [4.69, 9.17) is 11.6 Å². The van der Waals surface area contributed by atoms with Crippen LogP contribution in [0.1, 0.15) is 0 Å². The molecule has 0 rings (SSSR count). The zero-order chi connectivity index (χ0) is 6.28. The molecule has 7 heavy (non-hydrogen) atoms. The molecule has 0 radical (unpaired) electrons. The van der Waals surface area contributed by atoms with Crippen molar-refractivity contribution in [3.63, 3.8) is 0 Å². The topological polar surface area (TPSA) is 3.24 Å². The second kappa shape index (κ2) is 9.69. The van der Waals surface area contributed by atoms with Gasteiger partial charge in [-0.05, 0) is 21.1 Å². The van der Waals surface area contributed by atoms with E-state index in [-0.39, 0.29) is 0 Å². The van der Waals surface area contributed by atoms with Crippen LogP contribution in [0.4, 0.5) is 0 Å². The van der Waals surface area contributed by atoms with E-state index in [2.05, 4.69) is 0 Å². The Bertz CT molecular complexity index is 22.9. The zero-order valence-corrected chi connectivity index (χ0v) is 8.29. The van der Waals surface area contributed by atoms with Gasteiger partial charge in [0.25, 0.3) is 0 Å². The molecular weight excluding hydrogens is 126 g/mol. The van der Waals surface area contributed by atoms with Gasteiger partial charge in [0, 0.05) is 15.7 Å². The van der Waals surface area contributed by atoms with Crippen LogP contribution in [-0.4, -0.2) is 41.8 Å². The molecule has 3 heteroatoms. The molecule has 0 aromatic carbocycles. The van der Waals surface area contributed by atoms with Gasteiger partial charge in [-0.2, -0.15) is 0 Å². The van der Waals surface area contributed by atoms with E-state index in [1.165, 1.54) is 0 Å². The maximum Gasteiger partial charge on any atom is 0.0215 e. The Balaban J connectivity index is 0. The third-order valence-electron chi connectivity index (χ3n) is 0. The fourth-order valence-electron chi connectivity index (χ4n) is 0. The van der Waals surface area contributed by atoms with Gasteiger partial charge in [0.1, 0.15) is 0 Å². The summed E-state index contributed by atoms with van der Waals surface area (Å²) in [6, 6.07) is 0. The molecular formula is C4H14ClNSi. The summed E-state index contributed by atoms with van der Waals surface area (Å²) in [6.07, 6.45) is 0. The molecule has 0 aromatic heterocycles. The first-order valence-electron chi connectivity index (χ1n) is 2.32. The molecule has 0 bridgehead atoms. The molecule has 0 aliphatic carbocycles. The maximum atomic E-state index is 5.06. The average Bonchev–Trinajstić information content (AvgIpc) is 1.33. The minimum atomic E-state index is 0.861. The Hall–Kier alpha value is 0.467. The largest absolute Gasteiger partial charge is 0.312 e. The lowest BCUT2D eigenvalue weighted by molar-refractivity contribution is 0.505. The van der Waals surface area contributed by atoms with Crippen LogP contribution < -0.4 is 0 Å². The highest BCUT2D eigenvalue weighted by molar-refractivity contribution is 6.36. The molecule has 0 saturated heterocycles. The van der Waals surface area contributed by atoms with Crippen molar-refractivity contribution < 1.29 is 0 Å². The minimum Gasteiger partial charge on any atom is -0.312 e. The number of alkyl halides is 1. The van der Waals surface area contributed by atoms with Crippen molar-refractivity contribution in [3.8, 4) is 0 Å². The van der Waals surface area contributed by atoms with Gasteiger partial charge in [-0.3, -0.25) is 0 Å². The van der Waals surface area contributed by atoms with Crippen molar-refractivity contribution in [2.75, 3.05) is 26.6 Å². The van der Waals surface area contributed by atoms with E-state index in [1.807, 2.05) is 26.0 Å². The first-order valence-corrected chi connectivity index (χ1v) is 4.26. The van der Waals surface area contributed by atoms with Crippen molar-refractivity contribution in [3.05, 3.63) is 0 Å². The quantitative estimate of drug-likeness (QED) is 0.330. The van der Waals surface area contributed by atoms with Crippen LogP contribution in [0.2, 0.25) is 0 Å². The summed E-state index contributed by atoms with van der Waals surface area (Å²) in [5.41, 5.74) is 0.861. The summed E-state index contributed by atoms with van der Waals surface area (Å²) in [7, 11) is 7.13. The summed E-state index contributed by atoms with van der Waals surface area (Å²) in [6.45, 7) is 0. The third kappa shape index (κ3) is 592. The molecule has 1 nitrogen and oxygen atoms in total. The van der Waals surface area contributed by atoms with Crippen LogP contribution in [0.5, 0.6) is 0 Å². The second-order valence-corrected chi connectivity index (χ2v) is 3.75. The average molecular weight is 140 g/mol. The van der Waals surface area contributed by atoms with E-state index in [0.29, 0.717) is 0 Å². The normalized spacial score (nSPS) is 8.14. The monoisotopic (exact) mass is 139 g/mol. The highest BCUT2D eigenvalue weighted by Crippen LogP contribution is 1.52. The predicted octanol–water partition coefficient (Wildman–Crippen LogP) is -0.274. The lowest BCUT2D eigenvalue weighted by Gasteiger charge is -1.90. The van der Waals surface area contributed by atoms with Crippen LogP contribution >= 0.6 is 11.6 Å². The van der Waals surface area contributed by atoms with E-state index in [0.717, 1.165) is 15.7 Å². The van der Waals surface area contributed by atoms with Gasteiger partial charge in [0.2, 0.25) is 0 Å². The number of hydrogen-bond donors (Lipinski definition) is 0. The first-order chi connectivity index (χ1) is 3.15. The molecule has 0 spiro atoms. The van der Waals surface area contributed by atoms with Crippen molar-refractivity contribution >= 4 is 21.8 Å². The highest BCUT2D eigenvalue weighted by atomic mass is 35.5. The number of halogens is 1. The summed E-state index contributed by atoms with van der Waals surface area (Å²) >= 11 is 5.06. The molecule has 0 amide bonds. The van der Waals surface area contributed by atoms with Gasteiger partial charge in [-0.15, -0.1) is 11.6 Å². The fraction of sp³-hybridized carbons (Fsp3) is 1.00. The minimum absolute atomic E-state index is 0.861. The van der Waals surface area contributed by atoms with Gasteiger partial charge in [0.15, 0.2) is 0 Å². The third-order valence-corrected chi connectivity index (χ3v) is 0. The van der Waals surface area contributed by atoms with Crippen molar-refractivity contribution in [2.24, 2.45) is 0 Å². The Morgan fingerprint density at radius 1 is 1.43 bits per heavy atom. The molecule has 0 fully saturated rings. The molecule has 46 valence electrons. The van der Waals surface area contributed by atoms with Gasteiger partial charge in [-0.25, -0.2) is 0 Å². The molecule has 0 aromatic rings. The van der Waals surface area contributed by atoms with Crippen molar-refractivity contribution in [2.45, 2.75) is 0 Å². The lowest BCUT2D eigenvalue weighted by atomic mass is 11.0. The maximum absolute atomic E-state index is 5.06. The van der Waals surface area contributed by atoms with Crippen LogP contribution in [-0.2, 0) is 0 Å². The van der Waals surface area contributed by atoms with Gasteiger partial charge in [0.05, 0.1) is 0 Å². The summed E-state index contributed by atoms with van der Waals surface area (Å²) < 4.78 is 0. The molecule has 0 unspecified atom stereocenters. The van der Waals surface area contributed by atoms with Crippen LogP contribution in [0.3, 0.4) is 0 Å². The van der Waals surface area contributed by atoms with Gasteiger partial charge in [-0.1, -0.05) is 0 Å². The fourth-order valence-corrected chi connectivity index (χ4v) is 0. The van der Waals surface area contributed by atoms with E-state index < -0.39 is 0 Å². The first kappa shape index (κ1) is 10.4. The van der Waals surface area contributed by atoms with E-state index in [1.54, 1.807) is 0 Å². The van der Waals surface area contributed by atoms with Crippen LogP contribution in [0.15, 0.2) is 0 Å². The molecule has 0 saturated carbocycles. The number of nitrogens with zero attached hydrogens (tertiary/aromatic N) is 1. The molecule has 0 heterocycles. The van der Waals surface area contributed by atoms with Crippen LogP contribution in [0.25, 0.3) is 0 Å². The Morgan fingerprint density at radius 3 is 1.43 bits per heavy atom. The summed E-state index contributed by atoms with van der Waals surface area (Å²) in [5, 5.41) is 0. The molecule has 0 atom stereocenters. The standard InChI is InChI=1S/C3H9N.CH5ClSi/c1-4(2)3;2-1-3/h1-3H3;1H2,3H3. The summed E-state index contributed by atoms with van der Waals surface area (Å²) in [4.78, 5) is 2.00. The van der Waals surface area contributed by atoms with Crippen molar-refractivity contribution in [1.82, 2.24) is 4.90 Å². The van der Waals surface area contributed by atoms with E-state index in [9.17, 15) is 0 Å². The second-order valence-electron chi connectivity index (χ2n) is 1.61. The molecule has 0 N–H and O–H groups in total. The molecule has 0 aliphatic rings. The number of hydrogen-bond acceptors (Lipinski definition) is 1. The van der Waals surface area contributed by atoms with Gasteiger partial charge < -0.3 is 4.90 Å². The number of rotatable bonds is 0. The van der Waals surface area contributed by atoms with E-state index >= 15 is 0 Å². The van der Waals surface area contributed by atoms with Gasteiger partial charge >= 0.3 is 0 Å². The molecule has 0 aliphatic heterocycles. The smallest absolute Gasteiger partial charge is 0.0215 e. The lowest BCUT2D eigenvalue weighted by Crippen LogP contribution is -1.99. The Kier molecular flexibility index (Phi) is 14.5. The van der Waals surface area contributed by atoms with Crippen molar-refractivity contribution in [1.29, 1.82) is 0 Å².